The van der Waals surface area contributed by atoms with Gasteiger partial charge in [0.1, 0.15) is 11.5 Å². The maximum Gasteiger partial charge on any atom is 0.140 e. The SMILES string of the molecule is c1ccc(-c2ccc(N(c3ccc(-c4ccccc4)cc3)c3cccc(C4c5c(c6ccccc6c6ccccc56)Oc5c4c4ccccc4c4ccccc54)c3)cc2)cc1. The molecular weight excluding hydrogens is 739 g/mol. The van der Waals surface area contributed by atoms with Crippen molar-refractivity contribution in [1.82, 2.24) is 0 Å². The van der Waals surface area contributed by atoms with E-state index < -0.39 is 0 Å². The second kappa shape index (κ2) is 14.4. The summed E-state index contributed by atoms with van der Waals surface area (Å²) >= 11 is 0. The van der Waals surface area contributed by atoms with Gasteiger partial charge in [-0.3, -0.25) is 0 Å². The van der Waals surface area contributed by atoms with Crippen LogP contribution in [0.15, 0.2) is 231 Å². The van der Waals surface area contributed by atoms with E-state index in [0.29, 0.717) is 0 Å². The average molecular weight is 778 g/mol. The van der Waals surface area contributed by atoms with Gasteiger partial charge < -0.3 is 9.64 Å². The molecule has 0 atom stereocenters. The van der Waals surface area contributed by atoms with Crippen LogP contribution in [0.5, 0.6) is 11.5 Å². The first-order valence-corrected chi connectivity index (χ1v) is 21.0. The Bertz CT molecular complexity index is 3220. The predicted molar refractivity (Wildman–Crippen MR) is 256 cm³/mol. The number of hydrogen-bond donors (Lipinski definition) is 0. The van der Waals surface area contributed by atoms with Crippen LogP contribution in [-0.4, -0.2) is 0 Å². The van der Waals surface area contributed by atoms with Gasteiger partial charge in [0.2, 0.25) is 0 Å². The minimum atomic E-state index is -0.134. The lowest BCUT2D eigenvalue weighted by molar-refractivity contribution is 0.467. The van der Waals surface area contributed by atoms with E-state index in [2.05, 4.69) is 235 Å². The fourth-order valence-electron chi connectivity index (χ4n) is 9.80. The molecule has 0 spiro atoms. The van der Waals surface area contributed by atoms with Gasteiger partial charge >= 0.3 is 0 Å². The van der Waals surface area contributed by atoms with Crippen LogP contribution >= 0.6 is 0 Å². The van der Waals surface area contributed by atoms with Gasteiger partial charge in [-0.2, -0.15) is 0 Å². The fourth-order valence-corrected chi connectivity index (χ4v) is 9.80. The minimum Gasteiger partial charge on any atom is -0.455 e. The topological polar surface area (TPSA) is 12.5 Å². The number of benzene rings is 11. The zero-order valence-corrected chi connectivity index (χ0v) is 33.4. The molecule has 2 nitrogen and oxygen atoms in total. The fraction of sp³-hybridized carbons (Fsp3) is 0.0169. The van der Waals surface area contributed by atoms with Crippen LogP contribution in [0.4, 0.5) is 17.1 Å². The normalized spacial score (nSPS) is 12.3. The highest BCUT2D eigenvalue weighted by molar-refractivity contribution is 6.17. The second-order valence-corrected chi connectivity index (χ2v) is 16.0. The molecule has 12 rings (SSSR count). The lowest BCUT2D eigenvalue weighted by atomic mass is 9.76. The maximum absolute atomic E-state index is 7.37. The maximum atomic E-state index is 7.37. The molecule has 0 aromatic heterocycles. The smallest absolute Gasteiger partial charge is 0.140 e. The van der Waals surface area contributed by atoms with Crippen LogP contribution in [0.25, 0.3) is 65.3 Å². The molecular formula is C59H39NO. The Kier molecular flexibility index (Phi) is 8.28. The van der Waals surface area contributed by atoms with Gasteiger partial charge in [-0.25, -0.2) is 0 Å². The van der Waals surface area contributed by atoms with Gasteiger partial charge in [-0.1, -0.05) is 194 Å². The van der Waals surface area contributed by atoms with Gasteiger partial charge in [0, 0.05) is 44.9 Å². The van der Waals surface area contributed by atoms with Crippen molar-refractivity contribution in [3.63, 3.8) is 0 Å². The summed E-state index contributed by atoms with van der Waals surface area (Å²) in [6, 6.07) is 83.5. The van der Waals surface area contributed by atoms with Crippen molar-refractivity contribution in [1.29, 1.82) is 0 Å². The van der Waals surface area contributed by atoms with E-state index in [1.54, 1.807) is 0 Å². The molecule has 286 valence electrons. The lowest BCUT2D eigenvalue weighted by Gasteiger charge is -2.34. The molecule has 11 aromatic rings. The van der Waals surface area contributed by atoms with Crippen LogP contribution in [-0.2, 0) is 0 Å². The Hall–Kier alpha value is -7.94. The van der Waals surface area contributed by atoms with Crippen LogP contribution in [0.3, 0.4) is 0 Å². The van der Waals surface area contributed by atoms with E-state index in [0.717, 1.165) is 39.3 Å². The average Bonchev–Trinajstić information content (AvgIpc) is 3.35. The number of nitrogens with zero attached hydrogens (tertiary/aromatic N) is 1. The van der Waals surface area contributed by atoms with E-state index in [-0.39, 0.29) is 5.92 Å². The molecule has 0 fully saturated rings. The van der Waals surface area contributed by atoms with E-state index in [1.807, 2.05) is 0 Å². The zero-order valence-electron chi connectivity index (χ0n) is 33.4. The van der Waals surface area contributed by atoms with Gasteiger partial charge in [0.25, 0.3) is 0 Å². The summed E-state index contributed by atoms with van der Waals surface area (Å²) in [5.74, 6) is 1.73. The summed E-state index contributed by atoms with van der Waals surface area (Å²) in [7, 11) is 0. The van der Waals surface area contributed by atoms with Gasteiger partial charge in [-0.15, -0.1) is 0 Å². The molecule has 0 unspecified atom stereocenters. The zero-order chi connectivity index (χ0) is 40.3. The third-order valence-electron chi connectivity index (χ3n) is 12.6. The summed E-state index contributed by atoms with van der Waals surface area (Å²) in [4.78, 5) is 2.39. The molecule has 1 heterocycles. The number of fused-ring (bicyclic) bond motifs is 12. The van der Waals surface area contributed by atoms with E-state index in [9.17, 15) is 0 Å². The highest BCUT2D eigenvalue weighted by Crippen LogP contribution is 2.57. The van der Waals surface area contributed by atoms with E-state index in [4.69, 9.17) is 4.74 Å². The van der Waals surface area contributed by atoms with Gasteiger partial charge in [0.05, 0.1) is 0 Å². The molecule has 0 bridgehead atoms. The standard InChI is InChI=1S/C59H39NO/c1-3-16-39(17-4-1)41-30-34-44(35-31-41)60(45-36-32-42(33-37-45)40-18-5-2-6-19-40)46-21-15-20-43(38-46)55-56-51-26-11-7-22-47(51)49-24-9-13-28-53(49)58(56)61-59-54-29-14-10-25-50(54)48-23-8-12-27-52(48)57(55)59/h1-38,55H. The third-order valence-corrected chi connectivity index (χ3v) is 12.6. The minimum absolute atomic E-state index is 0.134. The summed E-state index contributed by atoms with van der Waals surface area (Å²) in [6.07, 6.45) is 0. The van der Waals surface area contributed by atoms with Crippen LogP contribution in [0, 0.1) is 0 Å². The molecule has 0 radical (unpaired) electrons. The molecule has 0 aliphatic carbocycles. The van der Waals surface area contributed by atoms with Crippen molar-refractivity contribution in [3.8, 4) is 33.8 Å². The first-order valence-electron chi connectivity index (χ1n) is 21.0. The highest BCUT2D eigenvalue weighted by atomic mass is 16.5. The number of rotatable bonds is 6. The molecule has 0 N–H and O–H groups in total. The molecule has 61 heavy (non-hydrogen) atoms. The Labute approximate surface area is 355 Å². The van der Waals surface area contributed by atoms with Crippen LogP contribution in [0.2, 0.25) is 0 Å². The number of ether oxygens (including phenoxy) is 1. The van der Waals surface area contributed by atoms with Crippen molar-refractivity contribution in [3.05, 3.63) is 247 Å². The number of anilines is 3. The summed E-state index contributed by atoms with van der Waals surface area (Å²) < 4.78 is 7.37. The van der Waals surface area contributed by atoms with Crippen molar-refractivity contribution >= 4 is 60.2 Å². The van der Waals surface area contributed by atoms with Gasteiger partial charge in [0.15, 0.2) is 0 Å². The van der Waals surface area contributed by atoms with E-state index >= 15 is 0 Å². The molecule has 1 aliphatic heterocycles. The monoisotopic (exact) mass is 777 g/mol. The first kappa shape index (κ1) is 35.0. The first-order chi connectivity index (χ1) is 30.3. The van der Waals surface area contributed by atoms with Crippen molar-refractivity contribution < 1.29 is 4.74 Å². The van der Waals surface area contributed by atoms with Crippen LogP contribution < -0.4 is 9.64 Å². The van der Waals surface area contributed by atoms with E-state index in [1.165, 1.54) is 71.3 Å². The quantitative estimate of drug-likeness (QED) is 0.156. The molecule has 0 saturated carbocycles. The Morgan fingerprint density at radius 2 is 0.639 bits per heavy atom. The summed E-state index contributed by atoms with van der Waals surface area (Å²) in [5.41, 5.74) is 11.6. The van der Waals surface area contributed by atoms with Crippen LogP contribution in [0.1, 0.15) is 22.6 Å². The molecule has 0 saturated heterocycles. The van der Waals surface area contributed by atoms with Gasteiger partial charge in [-0.05, 0) is 96.5 Å². The highest BCUT2D eigenvalue weighted by Gasteiger charge is 2.35. The summed E-state index contributed by atoms with van der Waals surface area (Å²) in [5, 5.41) is 9.52. The Morgan fingerprint density at radius 1 is 0.279 bits per heavy atom. The Balaban J connectivity index is 1.11. The number of hydrogen-bond acceptors (Lipinski definition) is 2. The largest absolute Gasteiger partial charge is 0.455 e. The van der Waals surface area contributed by atoms with Crippen molar-refractivity contribution in [2.45, 2.75) is 5.92 Å². The summed E-state index contributed by atoms with van der Waals surface area (Å²) in [6.45, 7) is 0. The third kappa shape index (κ3) is 5.79. The van der Waals surface area contributed by atoms with Crippen molar-refractivity contribution in [2.75, 3.05) is 4.90 Å². The predicted octanol–water partition coefficient (Wildman–Crippen LogP) is 16.4. The molecule has 0 amide bonds. The Morgan fingerprint density at radius 3 is 1.08 bits per heavy atom. The second-order valence-electron chi connectivity index (χ2n) is 16.0. The molecule has 2 heteroatoms. The lowest BCUT2D eigenvalue weighted by Crippen LogP contribution is -2.15. The van der Waals surface area contributed by atoms with Crippen molar-refractivity contribution in [2.24, 2.45) is 0 Å². The molecule has 11 aromatic carbocycles. The molecule has 1 aliphatic rings.